The van der Waals surface area contributed by atoms with Crippen LogP contribution in [0.3, 0.4) is 0 Å². The molecule has 4 nitrogen and oxygen atoms in total. The van der Waals surface area contributed by atoms with Gasteiger partial charge in [0.05, 0.1) is 6.04 Å². The first-order valence-electron chi connectivity index (χ1n) is 6.14. The molecule has 1 atom stereocenters. The van der Waals surface area contributed by atoms with E-state index < -0.39 is 0 Å². The van der Waals surface area contributed by atoms with Crippen molar-refractivity contribution in [3.05, 3.63) is 48.0 Å². The van der Waals surface area contributed by atoms with Crippen LogP contribution < -0.4 is 5.32 Å². The average molecular weight is 241 g/mol. The number of carbonyl (C=O) groups excluding carboxylic acids is 1. The van der Waals surface area contributed by atoms with Gasteiger partial charge >= 0.3 is 0 Å². The van der Waals surface area contributed by atoms with Crippen LogP contribution in [0.5, 0.6) is 0 Å². The van der Waals surface area contributed by atoms with Crippen molar-refractivity contribution in [1.82, 2.24) is 14.9 Å². The van der Waals surface area contributed by atoms with Gasteiger partial charge < -0.3 is 9.88 Å². The van der Waals surface area contributed by atoms with Crippen LogP contribution in [0.1, 0.15) is 30.8 Å². The third-order valence-electron chi connectivity index (χ3n) is 3.31. The minimum Gasteiger partial charge on any atom is -0.346 e. The fourth-order valence-electron chi connectivity index (χ4n) is 2.54. The summed E-state index contributed by atoms with van der Waals surface area (Å²) < 4.78 is 2.07. The smallest absolute Gasteiger partial charge is 0.217 e. The SMILES string of the molecule is CC(=O)NC1CCc2ccccc2-n2ccnc21. The molecule has 0 spiro atoms. The van der Waals surface area contributed by atoms with Crippen LogP contribution in [-0.2, 0) is 11.2 Å². The van der Waals surface area contributed by atoms with E-state index in [9.17, 15) is 4.79 Å². The third-order valence-corrected chi connectivity index (χ3v) is 3.31. The second-order valence-corrected chi connectivity index (χ2v) is 4.58. The van der Waals surface area contributed by atoms with Crippen LogP contribution in [0.4, 0.5) is 0 Å². The molecule has 0 radical (unpaired) electrons. The van der Waals surface area contributed by atoms with Crippen LogP contribution in [0, 0.1) is 0 Å². The molecule has 92 valence electrons. The minimum atomic E-state index is -0.0134. The Morgan fingerprint density at radius 2 is 2.28 bits per heavy atom. The molecule has 1 aliphatic heterocycles. The van der Waals surface area contributed by atoms with Gasteiger partial charge in [-0.05, 0) is 24.5 Å². The number of nitrogens with one attached hydrogen (secondary N) is 1. The van der Waals surface area contributed by atoms with Crippen molar-refractivity contribution < 1.29 is 4.79 Å². The molecule has 0 saturated heterocycles. The molecule has 1 unspecified atom stereocenters. The number of fused-ring (bicyclic) bond motifs is 3. The van der Waals surface area contributed by atoms with Crippen LogP contribution in [0.15, 0.2) is 36.7 Å². The maximum atomic E-state index is 11.3. The lowest BCUT2D eigenvalue weighted by atomic mass is 10.1. The lowest BCUT2D eigenvalue weighted by molar-refractivity contribution is -0.119. The number of imidazole rings is 1. The second kappa shape index (κ2) is 4.29. The van der Waals surface area contributed by atoms with Crippen molar-refractivity contribution in [2.75, 3.05) is 0 Å². The van der Waals surface area contributed by atoms with Crippen LogP contribution in [-0.4, -0.2) is 15.5 Å². The Morgan fingerprint density at radius 1 is 1.44 bits per heavy atom. The fraction of sp³-hybridized carbons (Fsp3) is 0.286. The summed E-state index contributed by atoms with van der Waals surface area (Å²) in [6, 6.07) is 8.30. The second-order valence-electron chi connectivity index (χ2n) is 4.58. The zero-order chi connectivity index (χ0) is 12.5. The summed E-state index contributed by atoms with van der Waals surface area (Å²) >= 11 is 0. The molecule has 3 rings (SSSR count). The predicted molar refractivity (Wildman–Crippen MR) is 68.4 cm³/mol. The molecular formula is C14H15N3O. The molecule has 1 aromatic carbocycles. The molecule has 4 heteroatoms. The minimum absolute atomic E-state index is 0.00935. The monoisotopic (exact) mass is 241 g/mol. The highest BCUT2D eigenvalue weighted by Gasteiger charge is 2.23. The Labute approximate surface area is 106 Å². The van der Waals surface area contributed by atoms with E-state index in [1.165, 1.54) is 5.56 Å². The Balaban J connectivity index is 2.09. The van der Waals surface area contributed by atoms with Crippen molar-refractivity contribution in [2.24, 2.45) is 0 Å². The molecule has 18 heavy (non-hydrogen) atoms. The van der Waals surface area contributed by atoms with E-state index in [0.29, 0.717) is 0 Å². The van der Waals surface area contributed by atoms with Crippen molar-refractivity contribution in [3.63, 3.8) is 0 Å². The van der Waals surface area contributed by atoms with Gasteiger partial charge in [-0.1, -0.05) is 18.2 Å². The molecule has 1 N–H and O–H groups in total. The van der Waals surface area contributed by atoms with Crippen LogP contribution in [0.2, 0.25) is 0 Å². The highest BCUT2D eigenvalue weighted by Crippen LogP contribution is 2.28. The highest BCUT2D eigenvalue weighted by atomic mass is 16.1. The van der Waals surface area contributed by atoms with Gasteiger partial charge in [-0.25, -0.2) is 4.98 Å². The number of rotatable bonds is 1. The Bertz CT molecular complexity index is 588. The summed E-state index contributed by atoms with van der Waals surface area (Å²) in [5, 5.41) is 2.98. The molecule has 2 heterocycles. The normalized spacial score (nSPS) is 17.5. The molecule has 2 aromatic rings. The zero-order valence-corrected chi connectivity index (χ0v) is 10.3. The molecule has 1 amide bonds. The summed E-state index contributed by atoms with van der Waals surface area (Å²) in [5.41, 5.74) is 2.46. The summed E-state index contributed by atoms with van der Waals surface area (Å²) in [4.78, 5) is 15.7. The molecule has 1 aromatic heterocycles. The number of benzene rings is 1. The molecule has 0 aliphatic carbocycles. The Hall–Kier alpha value is -2.10. The lowest BCUT2D eigenvalue weighted by Crippen LogP contribution is -2.27. The topological polar surface area (TPSA) is 46.9 Å². The molecular weight excluding hydrogens is 226 g/mol. The van der Waals surface area contributed by atoms with E-state index in [1.807, 2.05) is 18.3 Å². The van der Waals surface area contributed by atoms with Gasteiger partial charge in [-0.2, -0.15) is 0 Å². The first-order chi connectivity index (χ1) is 8.75. The number of carbonyl (C=O) groups is 1. The number of aromatic nitrogens is 2. The Kier molecular flexibility index (Phi) is 2.63. The maximum absolute atomic E-state index is 11.3. The van der Waals surface area contributed by atoms with E-state index in [0.717, 1.165) is 24.4 Å². The van der Waals surface area contributed by atoms with Crippen molar-refractivity contribution in [2.45, 2.75) is 25.8 Å². The standard InChI is InChI=1S/C14H15N3O/c1-10(18)16-12-7-6-11-4-2-3-5-13(11)17-9-8-15-14(12)17/h2-5,8-9,12H,6-7H2,1H3,(H,16,18). The molecule has 0 fully saturated rings. The predicted octanol–water partition coefficient (Wildman–Crippen LogP) is 2.00. The van der Waals surface area contributed by atoms with Gasteiger partial charge in [0.2, 0.25) is 5.91 Å². The molecule has 0 saturated carbocycles. The first kappa shape index (κ1) is 11.0. The number of hydrogen-bond donors (Lipinski definition) is 1. The van der Waals surface area contributed by atoms with Gasteiger partial charge in [-0.3, -0.25) is 4.79 Å². The van der Waals surface area contributed by atoms with Crippen molar-refractivity contribution in [3.8, 4) is 5.69 Å². The van der Waals surface area contributed by atoms with E-state index >= 15 is 0 Å². The molecule has 1 aliphatic rings. The summed E-state index contributed by atoms with van der Waals surface area (Å²) in [6.07, 6.45) is 5.57. The summed E-state index contributed by atoms with van der Waals surface area (Å²) in [5.74, 6) is 0.899. The van der Waals surface area contributed by atoms with E-state index in [4.69, 9.17) is 0 Å². The average Bonchev–Trinajstić information content (AvgIpc) is 2.78. The van der Waals surface area contributed by atoms with Gasteiger partial charge in [0.1, 0.15) is 5.82 Å². The highest BCUT2D eigenvalue weighted by molar-refractivity contribution is 5.73. The van der Waals surface area contributed by atoms with Crippen LogP contribution in [0.25, 0.3) is 5.69 Å². The largest absolute Gasteiger partial charge is 0.346 e. The van der Waals surface area contributed by atoms with Gasteiger partial charge in [0.25, 0.3) is 0 Å². The number of aryl methyl sites for hydroxylation is 1. The van der Waals surface area contributed by atoms with Crippen LogP contribution >= 0.6 is 0 Å². The number of para-hydroxylation sites is 1. The van der Waals surface area contributed by atoms with Crippen molar-refractivity contribution >= 4 is 5.91 Å². The number of amides is 1. The third kappa shape index (κ3) is 1.79. The van der Waals surface area contributed by atoms with Gasteiger partial charge in [-0.15, -0.1) is 0 Å². The molecule has 0 bridgehead atoms. The fourth-order valence-corrected chi connectivity index (χ4v) is 2.54. The van der Waals surface area contributed by atoms with Gasteiger partial charge in [0, 0.05) is 25.0 Å². The van der Waals surface area contributed by atoms with Crippen molar-refractivity contribution in [1.29, 1.82) is 0 Å². The summed E-state index contributed by atoms with van der Waals surface area (Å²) in [7, 11) is 0. The quantitative estimate of drug-likeness (QED) is 0.830. The maximum Gasteiger partial charge on any atom is 0.217 e. The lowest BCUT2D eigenvalue weighted by Gasteiger charge is -2.15. The summed E-state index contributed by atoms with van der Waals surface area (Å²) in [6.45, 7) is 1.55. The van der Waals surface area contributed by atoms with Gasteiger partial charge in [0.15, 0.2) is 0 Å². The number of nitrogens with zero attached hydrogens (tertiary/aromatic N) is 2. The van der Waals surface area contributed by atoms with E-state index in [-0.39, 0.29) is 11.9 Å². The first-order valence-corrected chi connectivity index (χ1v) is 6.14. The Morgan fingerprint density at radius 3 is 3.11 bits per heavy atom. The number of hydrogen-bond acceptors (Lipinski definition) is 2. The van der Waals surface area contributed by atoms with E-state index in [2.05, 4.69) is 27.0 Å². The zero-order valence-electron chi connectivity index (χ0n) is 10.3. The van der Waals surface area contributed by atoms with E-state index in [1.54, 1.807) is 13.1 Å².